The second-order valence-corrected chi connectivity index (χ2v) is 27.1. The van der Waals surface area contributed by atoms with Gasteiger partial charge in [-0.05, 0) is 13.3 Å². The molecular formula is C38H72O6Sn. The Morgan fingerprint density at radius 2 is 1.11 bits per heavy atom. The number of rotatable bonds is 23. The maximum atomic E-state index is 10.9. The van der Waals surface area contributed by atoms with Gasteiger partial charge in [-0.3, -0.25) is 0 Å². The predicted molar refractivity (Wildman–Crippen MR) is 191 cm³/mol. The topological polar surface area (TPSA) is 84.0 Å². The third-order valence-electron chi connectivity index (χ3n) is 10.6. The molecule has 0 bridgehead atoms. The first-order valence-electron chi connectivity index (χ1n) is 18.3. The molecule has 6 nitrogen and oxygen atoms in total. The number of ether oxygens (including phenoxy) is 4. The van der Waals surface area contributed by atoms with Crippen molar-refractivity contribution in [1.82, 2.24) is 0 Å². The summed E-state index contributed by atoms with van der Waals surface area (Å²) in [6.07, 6.45) is 17.2. The average molecular weight is 744 g/mol. The number of aliphatic hydroxyl groups excluding tert-OH is 2. The van der Waals surface area contributed by atoms with Gasteiger partial charge in [0.25, 0.3) is 0 Å². The monoisotopic (exact) mass is 744 g/mol. The molecule has 0 radical (unpaired) electrons. The van der Waals surface area contributed by atoms with Gasteiger partial charge in [0, 0.05) is 18.9 Å². The van der Waals surface area contributed by atoms with Crippen molar-refractivity contribution in [3.63, 3.8) is 0 Å². The first kappa shape index (κ1) is 42.9. The van der Waals surface area contributed by atoms with Gasteiger partial charge in [-0.1, -0.05) is 13.8 Å². The molecule has 2 fully saturated rings. The molecule has 0 unspecified atom stereocenters. The van der Waals surface area contributed by atoms with Gasteiger partial charge in [0.2, 0.25) is 0 Å². The maximum absolute atomic E-state index is 10.9. The molecule has 0 spiro atoms. The van der Waals surface area contributed by atoms with Gasteiger partial charge in [0.1, 0.15) is 6.10 Å². The van der Waals surface area contributed by atoms with E-state index in [2.05, 4.69) is 71.5 Å². The third-order valence-corrected chi connectivity index (χ3v) is 24.7. The molecule has 2 rings (SSSR count). The standard InChI is InChI=1S/C13H23O3.C13H22O3.3C4H9.Sn/c2*1-6-8(3)11(14)13-12(16-13)9(4)10(7-2)15-5;3*1-3-4-2;/h1,6,8-14H,7H2,2-5H3;1,8-14H,7H2,2-5H3;3*1,3-4H2,2H3;/t2*8-,9+,10-,11+,12-,13-;;;;/m11..../s1. The van der Waals surface area contributed by atoms with Crippen LogP contribution in [0.3, 0.4) is 0 Å². The minimum atomic E-state index is -2.27. The molecule has 2 heterocycles. The van der Waals surface area contributed by atoms with Crippen molar-refractivity contribution < 1.29 is 29.2 Å². The van der Waals surface area contributed by atoms with Gasteiger partial charge < -0.3 is 14.6 Å². The summed E-state index contributed by atoms with van der Waals surface area (Å²) in [6.45, 7) is 19.5. The Kier molecular flexibility index (Phi) is 21.4. The van der Waals surface area contributed by atoms with Crippen LogP contribution >= 0.6 is 0 Å². The zero-order valence-electron chi connectivity index (χ0n) is 31.0. The fourth-order valence-electron chi connectivity index (χ4n) is 6.96. The average Bonchev–Trinajstić information content (AvgIpc) is 3.99. The SMILES string of the molecule is C#C[C@@H](C)[C@H](O)[C@H]1O[C@@H]1[C@@H](C)[C@@H](CC)OC.CCC[CH2][Sn](/[CH]=C/[C@@H](C)[C@H](O)[C@H]1O[C@@H]1[C@@H](C)[C@@H](CC)OC)([CH2]CCC)[CH2]CCC. The molecule has 0 aromatic heterocycles. The summed E-state index contributed by atoms with van der Waals surface area (Å²) in [5.74, 6) is 3.17. The number of methoxy groups -OCH3 is 2. The molecule has 7 heteroatoms. The van der Waals surface area contributed by atoms with Crippen LogP contribution in [0.5, 0.6) is 0 Å². The van der Waals surface area contributed by atoms with Crippen molar-refractivity contribution >= 4 is 18.4 Å². The van der Waals surface area contributed by atoms with Crippen molar-refractivity contribution in [3.8, 4) is 12.3 Å². The first-order chi connectivity index (χ1) is 21.5. The molecule has 12 atom stereocenters. The van der Waals surface area contributed by atoms with Gasteiger partial charge in [-0.15, -0.1) is 12.3 Å². The molecule has 264 valence electrons. The van der Waals surface area contributed by atoms with Crippen LogP contribution in [0, 0.1) is 36.0 Å². The fourth-order valence-corrected chi connectivity index (χ4v) is 21.6. The van der Waals surface area contributed by atoms with Crippen LogP contribution in [0.15, 0.2) is 10.2 Å². The van der Waals surface area contributed by atoms with Crippen LogP contribution in [0.1, 0.15) is 114 Å². The van der Waals surface area contributed by atoms with Crippen LogP contribution < -0.4 is 0 Å². The Labute approximate surface area is 282 Å². The van der Waals surface area contributed by atoms with E-state index in [0.29, 0.717) is 11.8 Å². The van der Waals surface area contributed by atoms with Gasteiger partial charge in [0.05, 0.1) is 18.3 Å². The Balaban J connectivity index is 0.000000532. The van der Waals surface area contributed by atoms with E-state index in [-0.39, 0.29) is 48.5 Å². The third kappa shape index (κ3) is 13.7. The minimum absolute atomic E-state index is 0.0274. The molecule has 0 aromatic carbocycles. The predicted octanol–water partition coefficient (Wildman–Crippen LogP) is 8.20. The summed E-state index contributed by atoms with van der Waals surface area (Å²) >= 11 is -2.27. The van der Waals surface area contributed by atoms with Gasteiger partial charge in [0.15, 0.2) is 0 Å². The van der Waals surface area contributed by atoms with E-state index in [4.69, 9.17) is 25.4 Å². The van der Waals surface area contributed by atoms with Crippen LogP contribution in [-0.4, -0.2) is 91.6 Å². The van der Waals surface area contributed by atoms with Gasteiger partial charge >= 0.3 is 186 Å². The number of aliphatic hydroxyl groups is 2. The number of unbranched alkanes of at least 4 members (excludes halogenated alkanes) is 3. The molecule has 2 saturated heterocycles. The van der Waals surface area contributed by atoms with Gasteiger partial charge in [-0.25, -0.2) is 0 Å². The van der Waals surface area contributed by atoms with E-state index in [9.17, 15) is 10.2 Å². The Morgan fingerprint density at radius 1 is 0.711 bits per heavy atom. The van der Waals surface area contributed by atoms with Crippen molar-refractivity contribution in [2.75, 3.05) is 14.2 Å². The van der Waals surface area contributed by atoms with E-state index in [0.717, 1.165) is 12.8 Å². The van der Waals surface area contributed by atoms with Crippen molar-refractivity contribution in [2.45, 2.75) is 176 Å². The van der Waals surface area contributed by atoms with E-state index in [1.54, 1.807) is 14.2 Å². The summed E-state index contributed by atoms with van der Waals surface area (Å²) in [5.41, 5.74) is 0. The summed E-state index contributed by atoms with van der Waals surface area (Å²) < 4.78 is 29.5. The van der Waals surface area contributed by atoms with Crippen molar-refractivity contribution in [2.24, 2.45) is 23.7 Å². The van der Waals surface area contributed by atoms with E-state index >= 15 is 0 Å². The van der Waals surface area contributed by atoms with Crippen LogP contribution in [0.25, 0.3) is 0 Å². The Morgan fingerprint density at radius 3 is 1.44 bits per heavy atom. The van der Waals surface area contributed by atoms with E-state index < -0.39 is 30.6 Å². The van der Waals surface area contributed by atoms with Crippen LogP contribution in [0.4, 0.5) is 0 Å². The number of hydrogen-bond donors (Lipinski definition) is 2. The molecule has 0 amide bonds. The molecule has 45 heavy (non-hydrogen) atoms. The Hall–Kier alpha value is -0.141. The van der Waals surface area contributed by atoms with Crippen molar-refractivity contribution in [3.05, 3.63) is 10.2 Å². The number of terminal acetylenes is 1. The second kappa shape index (κ2) is 22.5. The Bertz CT molecular complexity index is 815. The van der Waals surface area contributed by atoms with Crippen LogP contribution in [-0.2, 0) is 18.9 Å². The zero-order chi connectivity index (χ0) is 34.2. The summed E-state index contributed by atoms with van der Waals surface area (Å²) in [4.78, 5) is 0. The van der Waals surface area contributed by atoms with E-state index in [1.807, 2.05) is 6.92 Å². The molecule has 2 N–H and O–H groups in total. The van der Waals surface area contributed by atoms with Crippen molar-refractivity contribution in [1.29, 1.82) is 0 Å². The summed E-state index contributed by atoms with van der Waals surface area (Å²) in [5, 5.41) is 20.8. The van der Waals surface area contributed by atoms with E-state index in [1.165, 1.54) is 51.8 Å². The molecule has 2 aliphatic rings. The number of epoxide rings is 2. The fraction of sp³-hybridized carbons (Fsp3) is 0.895. The second-order valence-electron chi connectivity index (χ2n) is 14.0. The molecule has 0 aliphatic carbocycles. The van der Waals surface area contributed by atoms with Gasteiger partial charge in [-0.2, -0.15) is 0 Å². The van der Waals surface area contributed by atoms with Crippen LogP contribution in [0.2, 0.25) is 13.3 Å². The molecule has 2 aliphatic heterocycles. The summed E-state index contributed by atoms with van der Waals surface area (Å²) in [6, 6.07) is 0. The quantitative estimate of drug-likeness (QED) is 0.0624. The number of hydrogen-bond acceptors (Lipinski definition) is 6. The first-order valence-corrected chi connectivity index (χ1v) is 26.0. The molecule has 0 aromatic rings. The molecular weight excluding hydrogens is 671 g/mol. The normalized spacial score (nSPS) is 26.5. The summed E-state index contributed by atoms with van der Waals surface area (Å²) in [7, 11) is 3.49. The molecule has 0 saturated carbocycles. The zero-order valence-corrected chi connectivity index (χ0v) is 33.8.